The van der Waals surface area contributed by atoms with Crippen LogP contribution < -0.4 is 5.56 Å². The SMILES string of the molecule is CCc1ccccc1-n1ccc2c(cnc3ncnn32)c1=O. The molecule has 0 spiro atoms. The first-order valence-corrected chi connectivity index (χ1v) is 7.08. The van der Waals surface area contributed by atoms with Gasteiger partial charge in [0.1, 0.15) is 6.33 Å². The molecule has 6 heteroatoms. The predicted molar refractivity (Wildman–Crippen MR) is 83.3 cm³/mol. The molecule has 0 saturated heterocycles. The number of benzene rings is 1. The number of fused-ring (bicyclic) bond motifs is 3. The average molecular weight is 291 g/mol. The Morgan fingerprint density at radius 3 is 2.86 bits per heavy atom. The number of hydrogen-bond donors (Lipinski definition) is 0. The van der Waals surface area contributed by atoms with E-state index in [9.17, 15) is 4.79 Å². The Kier molecular flexibility index (Phi) is 2.75. The van der Waals surface area contributed by atoms with E-state index in [0.717, 1.165) is 17.7 Å². The van der Waals surface area contributed by atoms with E-state index in [1.807, 2.05) is 30.3 Å². The molecule has 1 aromatic carbocycles. The van der Waals surface area contributed by atoms with Crippen molar-refractivity contribution in [3.05, 3.63) is 65.0 Å². The first-order chi connectivity index (χ1) is 10.8. The van der Waals surface area contributed by atoms with Crippen LogP contribution in [0.25, 0.3) is 22.4 Å². The zero-order chi connectivity index (χ0) is 15.1. The molecule has 0 radical (unpaired) electrons. The number of rotatable bonds is 2. The second kappa shape index (κ2) is 4.77. The molecule has 3 aromatic heterocycles. The summed E-state index contributed by atoms with van der Waals surface area (Å²) in [5.41, 5.74) is 2.62. The van der Waals surface area contributed by atoms with Gasteiger partial charge in [-0.1, -0.05) is 25.1 Å². The summed E-state index contributed by atoms with van der Waals surface area (Å²) in [5, 5.41) is 4.64. The first-order valence-electron chi connectivity index (χ1n) is 7.08. The normalized spacial score (nSPS) is 11.3. The van der Waals surface area contributed by atoms with E-state index in [1.165, 1.54) is 6.33 Å². The van der Waals surface area contributed by atoms with Crippen molar-refractivity contribution in [3.8, 4) is 5.69 Å². The molecular formula is C16H13N5O. The monoisotopic (exact) mass is 291 g/mol. The Bertz CT molecular complexity index is 1050. The van der Waals surface area contributed by atoms with Gasteiger partial charge in [-0.05, 0) is 24.1 Å². The number of hydrogen-bond acceptors (Lipinski definition) is 4. The standard InChI is InChI=1S/C16H13N5O/c1-2-11-5-3-4-6-13(11)20-8-7-14-12(15(20)22)9-17-16-18-10-19-21(14)16/h3-10H,2H2,1H3. The predicted octanol–water partition coefficient (Wildman–Crippen LogP) is 1.99. The quantitative estimate of drug-likeness (QED) is 0.566. The second-order valence-corrected chi connectivity index (χ2v) is 5.00. The van der Waals surface area contributed by atoms with Gasteiger partial charge in [-0.3, -0.25) is 9.36 Å². The van der Waals surface area contributed by atoms with E-state index in [0.29, 0.717) is 16.7 Å². The summed E-state index contributed by atoms with van der Waals surface area (Å²) in [5.74, 6) is 0.485. The third-order valence-electron chi connectivity index (χ3n) is 3.81. The van der Waals surface area contributed by atoms with Crippen molar-refractivity contribution in [2.24, 2.45) is 0 Å². The molecule has 0 aliphatic rings. The van der Waals surface area contributed by atoms with Crippen molar-refractivity contribution in [1.29, 1.82) is 0 Å². The van der Waals surface area contributed by atoms with E-state index < -0.39 is 0 Å². The van der Waals surface area contributed by atoms with Crippen LogP contribution in [0, 0.1) is 0 Å². The van der Waals surface area contributed by atoms with Crippen LogP contribution in [-0.2, 0) is 6.42 Å². The summed E-state index contributed by atoms with van der Waals surface area (Å²) < 4.78 is 3.23. The third-order valence-corrected chi connectivity index (χ3v) is 3.81. The van der Waals surface area contributed by atoms with Crippen molar-refractivity contribution in [1.82, 2.24) is 24.1 Å². The Morgan fingerprint density at radius 2 is 2.00 bits per heavy atom. The van der Waals surface area contributed by atoms with Crippen LogP contribution in [-0.4, -0.2) is 24.1 Å². The fraction of sp³-hybridized carbons (Fsp3) is 0.125. The van der Waals surface area contributed by atoms with Crippen molar-refractivity contribution in [3.63, 3.8) is 0 Å². The largest absolute Gasteiger partial charge is 0.283 e. The molecule has 0 saturated carbocycles. The van der Waals surface area contributed by atoms with Gasteiger partial charge < -0.3 is 0 Å². The van der Waals surface area contributed by atoms with Crippen molar-refractivity contribution < 1.29 is 0 Å². The van der Waals surface area contributed by atoms with Crippen LogP contribution in [0.1, 0.15) is 12.5 Å². The summed E-state index contributed by atoms with van der Waals surface area (Å²) in [6.07, 6.45) is 5.63. The highest BCUT2D eigenvalue weighted by molar-refractivity contribution is 5.78. The van der Waals surface area contributed by atoms with E-state index in [-0.39, 0.29) is 5.56 Å². The lowest BCUT2D eigenvalue weighted by molar-refractivity contribution is 0.944. The smallest absolute Gasteiger partial charge is 0.266 e. The summed E-state index contributed by atoms with van der Waals surface area (Å²) in [6, 6.07) is 9.77. The molecule has 6 nitrogen and oxygen atoms in total. The van der Waals surface area contributed by atoms with Gasteiger partial charge in [0.2, 0.25) is 0 Å². The highest BCUT2D eigenvalue weighted by Gasteiger charge is 2.11. The van der Waals surface area contributed by atoms with Crippen molar-refractivity contribution in [2.75, 3.05) is 0 Å². The molecule has 0 fully saturated rings. The topological polar surface area (TPSA) is 65.1 Å². The second-order valence-electron chi connectivity index (χ2n) is 5.00. The van der Waals surface area contributed by atoms with E-state index in [4.69, 9.17) is 0 Å². The average Bonchev–Trinajstić information content (AvgIpc) is 3.04. The molecule has 0 atom stereocenters. The molecule has 0 amide bonds. The molecule has 22 heavy (non-hydrogen) atoms. The van der Waals surface area contributed by atoms with E-state index >= 15 is 0 Å². The summed E-state index contributed by atoms with van der Waals surface area (Å²) in [6.45, 7) is 2.07. The maximum atomic E-state index is 12.8. The number of aryl methyl sites for hydroxylation is 1. The van der Waals surface area contributed by atoms with Gasteiger partial charge in [0, 0.05) is 12.4 Å². The van der Waals surface area contributed by atoms with Gasteiger partial charge in [-0.15, -0.1) is 0 Å². The number of nitrogens with zero attached hydrogens (tertiary/aromatic N) is 5. The zero-order valence-electron chi connectivity index (χ0n) is 12.0. The Morgan fingerprint density at radius 1 is 1.14 bits per heavy atom. The summed E-state index contributed by atoms with van der Waals surface area (Å²) in [7, 11) is 0. The summed E-state index contributed by atoms with van der Waals surface area (Å²) >= 11 is 0. The molecule has 0 N–H and O–H groups in total. The Labute approximate surface area is 125 Å². The van der Waals surface area contributed by atoms with E-state index in [2.05, 4.69) is 22.0 Å². The Hall–Kier alpha value is -3.02. The van der Waals surface area contributed by atoms with Gasteiger partial charge in [-0.25, -0.2) is 4.98 Å². The molecule has 0 unspecified atom stereocenters. The van der Waals surface area contributed by atoms with Gasteiger partial charge in [-0.2, -0.15) is 14.6 Å². The van der Waals surface area contributed by atoms with Gasteiger partial charge in [0.25, 0.3) is 11.3 Å². The molecular weight excluding hydrogens is 278 g/mol. The lowest BCUT2D eigenvalue weighted by atomic mass is 10.1. The molecule has 3 heterocycles. The lowest BCUT2D eigenvalue weighted by Gasteiger charge is -2.11. The first kappa shape index (κ1) is 12.7. The number of para-hydroxylation sites is 1. The third kappa shape index (κ3) is 1.74. The minimum atomic E-state index is -0.108. The fourth-order valence-electron chi connectivity index (χ4n) is 2.70. The minimum absolute atomic E-state index is 0.108. The van der Waals surface area contributed by atoms with Gasteiger partial charge in [0.15, 0.2) is 0 Å². The van der Waals surface area contributed by atoms with Crippen LogP contribution in [0.5, 0.6) is 0 Å². The molecule has 0 aliphatic carbocycles. The van der Waals surface area contributed by atoms with Crippen LogP contribution in [0.4, 0.5) is 0 Å². The fourth-order valence-corrected chi connectivity index (χ4v) is 2.70. The highest BCUT2D eigenvalue weighted by Crippen LogP contribution is 2.16. The van der Waals surface area contributed by atoms with Gasteiger partial charge in [0.05, 0.1) is 16.6 Å². The lowest BCUT2D eigenvalue weighted by Crippen LogP contribution is -2.20. The van der Waals surface area contributed by atoms with Crippen LogP contribution in [0.2, 0.25) is 0 Å². The molecule has 0 aliphatic heterocycles. The highest BCUT2D eigenvalue weighted by atomic mass is 16.1. The number of pyridine rings is 1. The maximum absolute atomic E-state index is 12.8. The summed E-state index contributed by atoms with van der Waals surface area (Å²) in [4.78, 5) is 21.0. The van der Waals surface area contributed by atoms with Crippen LogP contribution in [0.15, 0.2) is 53.8 Å². The molecule has 4 rings (SSSR count). The maximum Gasteiger partial charge on any atom is 0.266 e. The van der Waals surface area contributed by atoms with Crippen molar-refractivity contribution >= 4 is 16.7 Å². The molecule has 108 valence electrons. The van der Waals surface area contributed by atoms with Crippen LogP contribution in [0.3, 0.4) is 0 Å². The van der Waals surface area contributed by atoms with E-state index in [1.54, 1.807) is 21.5 Å². The molecule has 4 aromatic rings. The zero-order valence-corrected chi connectivity index (χ0v) is 12.0. The van der Waals surface area contributed by atoms with Gasteiger partial charge >= 0.3 is 0 Å². The Balaban J connectivity index is 2.06. The minimum Gasteiger partial charge on any atom is -0.283 e. The van der Waals surface area contributed by atoms with Crippen molar-refractivity contribution in [2.45, 2.75) is 13.3 Å². The molecule has 0 bridgehead atoms. The van der Waals surface area contributed by atoms with Crippen LogP contribution >= 0.6 is 0 Å². The number of aromatic nitrogens is 5.